The quantitative estimate of drug-likeness (QED) is 0.873. The molecule has 6 heteroatoms. The summed E-state index contributed by atoms with van der Waals surface area (Å²) in [6.07, 6.45) is 1.19. The third-order valence-electron chi connectivity index (χ3n) is 2.89. The summed E-state index contributed by atoms with van der Waals surface area (Å²) in [5.74, 6) is -1.22. The van der Waals surface area contributed by atoms with Crippen molar-refractivity contribution in [3.8, 4) is 0 Å². The van der Waals surface area contributed by atoms with E-state index in [1.807, 2.05) is 0 Å². The molecule has 2 rings (SSSR count). The highest BCUT2D eigenvalue weighted by Gasteiger charge is 2.17. The van der Waals surface area contributed by atoms with Crippen molar-refractivity contribution in [3.63, 3.8) is 0 Å². The first kappa shape index (κ1) is 13.7. The fraction of sp³-hybridized carbons (Fsp3) is 0.462. The number of halogens is 2. The summed E-state index contributed by atoms with van der Waals surface area (Å²) in [6.45, 7) is 1.51. The molecule has 0 bridgehead atoms. The number of carbonyl (C=O) groups is 1. The Morgan fingerprint density at radius 2 is 2.05 bits per heavy atom. The van der Waals surface area contributed by atoms with Crippen molar-refractivity contribution < 1.29 is 18.3 Å². The highest BCUT2D eigenvalue weighted by molar-refractivity contribution is 5.74. The number of rotatable bonds is 4. The first-order valence-corrected chi connectivity index (χ1v) is 6.20. The molecule has 1 fully saturated rings. The second-order valence-electron chi connectivity index (χ2n) is 4.49. The summed E-state index contributed by atoms with van der Waals surface area (Å²) in [5.41, 5.74) is 0.516. The van der Waals surface area contributed by atoms with Gasteiger partial charge in [0.15, 0.2) is 0 Å². The van der Waals surface area contributed by atoms with Gasteiger partial charge in [-0.25, -0.2) is 13.6 Å². The molecule has 0 saturated carbocycles. The van der Waals surface area contributed by atoms with Crippen LogP contribution in [-0.4, -0.2) is 31.8 Å². The van der Waals surface area contributed by atoms with Crippen LogP contribution >= 0.6 is 0 Å². The molecule has 2 N–H and O–H groups in total. The Bertz CT molecular complexity index is 428. The first-order chi connectivity index (χ1) is 9.13. The van der Waals surface area contributed by atoms with Gasteiger partial charge in [-0.15, -0.1) is 0 Å². The van der Waals surface area contributed by atoms with Crippen LogP contribution in [0.25, 0.3) is 0 Å². The van der Waals surface area contributed by atoms with Gasteiger partial charge in [0.1, 0.15) is 11.6 Å². The van der Waals surface area contributed by atoms with Crippen LogP contribution in [0, 0.1) is 11.6 Å². The van der Waals surface area contributed by atoms with Crippen molar-refractivity contribution in [2.75, 3.05) is 19.8 Å². The molecule has 2 amide bonds. The lowest BCUT2D eigenvalue weighted by Crippen LogP contribution is -2.42. The summed E-state index contributed by atoms with van der Waals surface area (Å²) in [6, 6.07) is 3.10. The molecule has 1 aromatic carbocycles. The Morgan fingerprint density at radius 3 is 2.68 bits per heavy atom. The van der Waals surface area contributed by atoms with E-state index in [1.165, 1.54) is 12.1 Å². The summed E-state index contributed by atoms with van der Waals surface area (Å²) in [7, 11) is 0. The Hall–Kier alpha value is -1.69. The van der Waals surface area contributed by atoms with Crippen LogP contribution in [0.2, 0.25) is 0 Å². The molecule has 0 spiro atoms. The maximum Gasteiger partial charge on any atom is 0.315 e. The van der Waals surface area contributed by atoms with Crippen molar-refractivity contribution in [2.45, 2.75) is 18.9 Å². The Kier molecular flexibility index (Phi) is 4.68. The molecule has 1 saturated heterocycles. The highest BCUT2D eigenvalue weighted by Crippen LogP contribution is 2.08. The second kappa shape index (κ2) is 6.47. The fourth-order valence-electron chi connectivity index (χ4n) is 1.96. The average Bonchev–Trinajstić information content (AvgIpc) is 2.80. The van der Waals surface area contributed by atoms with Crippen molar-refractivity contribution in [1.82, 2.24) is 10.6 Å². The van der Waals surface area contributed by atoms with Gasteiger partial charge < -0.3 is 15.4 Å². The zero-order chi connectivity index (χ0) is 13.7. The number of nitrogens with one attached hydrogen (secondary N) is 2. The molecule has 104 valence electrons. The van der Waals surface area contributed by atoms with E-state index in [0.717, 1.165) is 12.5 Å². The van der Waals surface area contributed by atoms with Gasteiger partial charge in [-0.3, -0.25) is 0 Å². The third kappa shape index (κ3) is 4.48. The van der Waals surface area contributed by atoms with E-state index in [1.54, 1.807) is 0 Å². The molecular formula is C13H16F2N2O2. The van der Waals surface area contributed by atoms with Crippen molar-refractivity contribution >= 4 is 6.03 Å². The first-order valence-electron chi connectivity index (χ1n) is 6.20. The van der Waals surface area contributed by atoms with Crippen molar-refractivity contribution in [3.05, 3.63) is 35.4 Å². The van der Waals surface area contributed by atoms with Crippen LogP contribution in [0.1, 0.15) is 12.0 Å². The summed E-state index contributed by atoms with van der Waals surface area (Å²) < 4.78 is 31.0. The molecule has 1 aliphatic heterocycles. The average molecular weight is 270 g/mol. The van der Waals surface area contributed by atoms with E-state index in [4.69, 9.17) is 4.74 Å². The smallest absolute Gasteiger partial charge is 0.315 e. The maximum atomic E-state index is 12.9. The molecular weight excluding hydrogens is 254 g/mol. The van der Waals surface area contributed by atoms with E-state index in [9.17, 15) is 13.6 Å². The third-order valence-corrected chi connectivity index (χ3v) is 2.89. The monoisotopic (exact) mass is 270 g/mol. The largest absolute Gasteiger partial charge is 0.379 e. The molecule has 4 nitrogen and oxygen atoms in total. The van der Waals surface area contributed by atoms with Gasteiger partial charge in [-0.2, -0.15) is 0 Å². The number of hydrogen-bond donors (Lipinski definition) is 2. The Labute approximate surface area is 110 Å². The van der Waals surface area contributed by atoms with E-state index >= 15 is 0 Å². The van der Waals surface area contributed by atoms with Gasteiger partial charge in [0, 0.05) is 19.2 Å². The minimum atomic E-state index is -0.609. The molecule has 1 unspecified atom stereocenters. The number of hydrogen-bond acceptors (Lipinski definition) is 2. The van der Waals surface area contributed by atoms with Gasteiger partial charge in [-0.1, -0.05) is 0 Å². The molecule has 0 aliphatic carbocycles. The van der Waals surface area contributed by atoms with Crippen LogP contribution in [-0.2, 0) is 11.2 Å². The standard InChI is InChI=1S/C13H16F2N2O2/c14-10-5-9(6-11(15)7-10)1-3-16-13(18)17-12-2-4-19-8-12/h5-7,12H,1-4,8H2,(H2,16,17,18). The zero-order valence-corrected chi connectivity index (χ0v) is 10.4. The van der Waals surface area contributed by atoms with Gasteiger partial charge in [0.05, 0.1) is 12.6 Å². The van der Waals surface area contributed by atoms with Crippen LogP contribution in [0.15, 0.2) is 18.2 Å². The van der Waals surface area contributed by atoms with E-state index in [-0.39, 0.29) is 12.1 Å². The van der Waals surface area contributed by atoms with Crippen LogP contribution < -0.4 is 10.6 Å². The number of benzene rings is 1. The maximum absolute atomic E-state index is 12.9. The predicted octanol–water partition coefficient (Wildman–Crippen LogP) is 1.60. The fourth-order valence-corrected chi connectivity index (χ4v) is 1.96. The zero-order valence-electron chi connectivity index (χ0n) is 10.4. The van der Waals surface area contributed by atoms with E-state index in [2.05, 4.69) is 10.6 Å². The molecule has 0 aromatic heterocycles. The normalized spacial score (nSPS) is 18.3. The Balaban J connectivity index is 1.71. The van der Waals surface area contributed by atoms with Gasteiger partial charge in [0.2, 0.25) is 0 Å². The van der Waals surface area contributed by atoms with Gasteiger partial charge in [0.25, 0.3) is 0 Å². The topological polar surface area (TPSA) is 50.4 Å². The van der Waals surface area contributed by atoms with Crippen molar-refractivity contribution in [2.24, 2.45) is 0 Å². The summed E-state index contributed by atoms with van der Waals surface area (Å²) in [4.78, 5) is 11.5. The van der Waals surface area contributed by atoms with Gasteiger partial charge in [-0.05, 0) is 30.5 Å². The van der Waals surface area contributed by atoms with Crippen LogP contribution in [0.4, 0.5) is 13.6 Å². The molecule has 1 heterocycles. The lowest BCUT2D eigenvalue weighted by molar-refractivity contribution is 0.188. The van der Waals surface area contributed by atoms with Gasteiger partial charge >= 0.3 is 6.03 Å². The second-order valence-corrected chi connectivity index (χ2v) is 4.49. The van der Waals surface area contributed by atoms with E-state index in [0.29, 0.717) is 31.7 Å². The highest BCUT2D eigenvalue weighted by atomic mass is 19.1. The minimum absolute atomic E-state index is 0.0478. The minimum Gasteiger partial charge on any atom is -0.379 e. The lowest BCUT2D eigenvalue weighted by atomic mass is 10.1. The molecule has 1 aliphatic rings. The summed E-state index contributed by atoms with van der Waals surface area (Å²) in [5, 5.41) is 5.41. The summed E-state index contributed by atoms with van der Waals surface area (Å²) >= 11 is 0. The number of carbonyl (C=O) groups excluding carboxylic acids is 1. The number of ether oxygens (including phenoxy) is 1. The predicted molar refractivity (Wildman–Crippen MR) is 65.8 cm³/mol. The SMILES string of the molecule is O=C(NCCc1cc(F)cc(F)c1)NC1CCOC1. The molecule has 1 aromatic rings. The molecule has 0 radical (unpaired) electrons. The Morgan fingerprint density at radius 1 is 1.32 bits per heavy atom. The van der Waals surface area contributed by atoms with Crippen molar-refractivity contribution in [1.29, 1.82) is 0 Å². The number of urea groups is 1. The van der Waals surface area contributed by atoms with Crippen LogP contribution in [0.5, 0.6) is 0 Å². The van der Waals surface area contributed by atoms with Crippen LogP contribution in [0.3, 0.4) is 0 Å². The number of amides is 2. The lowest BCUT2D eigenvalue weighted by Gasteiger charge is -2.11. The molecule has 19 heavy (non-hydrogen) atoms. The van der Waals surface area contributed by atoms with E-state index < -0.39 is 11.6 Å². The molecule has 1 atom stereocenters.